The van der Waals surface area contributed by atoms with Crippen LogP contribution in [0.4, 0.5) is 23.0 Å². The molecular weight excluding hydrogens is 402 g/mol. The molecule has 0 saturated carbocycles. The summed E-state index contributed by atoms with van der Waals surface area (Å²) >= 11 is 0. The molecule has 0 radical (unpaired) electrons. The number of para-hydroxylation sites is 2. The number of hydrogen-bond donors (Lipinski definition) is 3. The zero-order valence-corrected chi connectivity index (χ0v) is 17.1. The maximum absolute atomic E-state index is 12.5. The summed E-state index contributed by atoms with van der Waals surface area (Å²) in [6, 6.07) is 16.2. The van der Waals surface area contributed by atoms with Crippen molar-refractivity contribution >= 4 is 34.8 Å². The number of nitrogens with zero attached hydrogens (tertiary/aromatic N) is 4. The van der Waals surface area contributed by atoms with Crippen LogP contribution in [0.3, 0.4) is 0 Å². The number of anilines is 4. The van der Waals surface area contributed by atoms with E-state index < -0.39 is 0 Å². The monoisotopic (exact) mass is 423 g/mol. The standard InChI is InChI=1S/C24H21N7O/c25-18-5-1-2-6-19(18)29-23(32)16-8-10-17(11-9-16)28-24-26-13-12-20(30-24)21-15-27-22-7-3-4-14-31(21)22/h1-14,21H,15,25H2,(H,29,32)(H,26,28,30). The topological polar surface area (TPSA) is 109 Å². The van der Waals surface area contributed by atoms with Crippen LogP contribution in [0.5, 0.6) is 0 Å². The van der Waals surface area contributed by atoms with E-state index in [1.807, 2.05) is 54.8 Å². The van der Waals surface area contributed by atoms with Gasteiger partial charge in [-0.05, 0) is 54.6 Å². The molecule has 2 aliphatic heterocycles. The first-order chi connectivity index (χ1) is 15.7. The van der Waals surface area contributed by atoms with E-state index >= 15 is 0 Å². The average molecular weight is 423 g/mol. The molecular formula is C24H21N7O. The summed E-state index contributed by atoms with van der Waals surface area (Å²) in [6.45, 7) is 0.649. The molecule has 0 aliphatic carbocycles. The van der Waals surface area contributed by atoms with Crippen molar-refractivity contribution in [1.29, 1.82) is 0 Å². The first-order valence-electron chi connectivity index (χ1n) is 10.2. The lowest BCUT2D eigenvalue weighted by Gasteiger charge is -2.24. The predicted molar refractivity (Wildman–Crippen MR) is 126 cm³/mol. The Hall–Kier alpha value is -4.46. The van der Waals surface area contributed by atoms with Crippen LogP contribution >= 0.6 is 0 Å². The zero-order valence-electron chi connectivity index (χ0n) is 17.1. The van der Waals surface area contributed by atoms with Crippen LogP contribution in [0.15, 0.2) is 90.2 Å². The maximum atomic E-state index is 12.5. The van der Waals surface area contributed by atoms with E-state index in [9.17, 15) is 4.79 Å². The normalized spacial score (nSPS) is 16.4. The van der Waals surface area contributed by atoms with Crippen molar-refractivity contribution < 1.29 is 4.79 Å². The Morgan fingerprint density at radius 1 is 1.06 bits per heavy atom. The molecule has 1 atom stereocenters. The van der Waals surface area contributed by atoms with Gasteiger partial charge in [0.15, 0.2) is 0 Å². The maximum Gasteiger partial charge on any atom is 0.255 e. The fraction of sp³-hybridized carbons (Fsp3) is 0.0833. The lowest BCUT2D eigenvalue weighted by atomic mass is 10.1. The van der Waals surface area contributed by atoms with Gasteiger partial charge in [-0.1, -0.05) is 18.2 Å². The van der Waals surface area contributed by atoms with Crippen LogP contribution in [0, 0.1) is 0 Å². The van der Waals surface area contributed by atoms with Gasteiger partial charge in [-0.2, -0.15) is 0 Å². The van der Waals surface area contributed by atoms with Gasteiger partial charge < -0.3 is 21.3 Å². The van der Waals surface area contributed by atoms with E-state index in [2.05, 4.69) is 30.5 Å². The molecule has 2 aliphatic rings. The summed E-state index contributed by atoms with van der Waals surface area (Å²) in [4.78, 5) is 28.2. The van der Waals surface area contributed by atoms with E-state index in [1.165, 1.54) is 0 Å². The van der Waals surface area contributed by atoms with Gasteiger partial charge in [0.1, 0.15) is 5.84 Å². The van der Waals surface area contributed by atoms with Gasteiger partial charge >= 0.3 is 0 Å². The second kappa shape index (κ2) is 8.35. The predicted octanol–water partition coefficient (Wildman–Crippen LogP) is 3.89. The average Bonchev–Trinajstić information content (AvgIpc) is 3.25. The lowest BCUT2D eigenvalue weighted by Crippen LogP contribution is -2.26. The molecule has 8 nitrogen and oxygen atoms in total. The Labute approximate surface area is 185 Å². The van der Waals surface area contributed by atoms with Crippen LogP contribution in [0.1, 0.15) is 22.1 Å². The number of carbonyl (C=O) groups excluding carboxylic acids is 1. The van der Waals surface area contributed by atoms with Crippen LogP contribution in [0.2, 0.25) is 0 Å². The van der Waals surface area contributed by atoms with Gasteiger partial charge in [-0.3, -0.25) is 9.79 Å². The van der Waals surface area contributed by atoms with Gasteiger partial charge in [0.05, 0.1) is 29.7 Å². The van der Waals surface area contributed by atoms with E-state index in [4.69, 9.17) is 5.73 Å². The van der Waals surface area contributed by atoms with Crippen molar-refractivity contribution in [2.45, 2.75) is 6.04 Å². The zero-order chi connectivity index (χ0) is 21.9. The highest BCUT2D eigenvalue weighted by Crippen LogP contribution is 2.28. The molecule has 1 amide bonds. The number of aromatic nitrogens is 2. The summed E-state index contributed by atoms with van der Waals surface area (Å²) in [7, 11) is 0. The second-order valence-electron chi connectivity index (χ2n) is 7.37. The van der Waals surface area contributed by atoms with E-state index in [0.717, 1.165) is 17.2 Å². The number of amides is 1. The SMILES string of the molecule is Nc1ccccc1NC(=O)c1ccc(Nc2nccc(C3CN=C4C=CC=CN43)n2)cc1. The van der Waals surface area contributed by atoms with Gasteiger partial charge in [0, 0.05) is 23.6 Å². The van der Waals surface area contributed by atoms with Crippen LogP contribution in [-0.4, -0.2) is 33.2 Å². The van der Waals surface area contributed by atoms with Crippen LogP contribution in [0.25, 0.3) is 0 Å². The number of carbonyl (C=O) groups is 1. The summed E-state index contributed by atoms with van der Waals surface area (Å²) in [5.74, 6) is 1.20. The molecule has 8 heteroatoms. The molecule has 4 N–H and O–H groups in total. The molecule has 3 heterocycles. The molecule has 1 unspecified atom stereocenters. The van der Waals surface area contributed by atoms with Crippen molar-refractivity contribution in [3.05, 3.63) is 96.5 Å². The third kappa shape index (κ3) is 3.93. The number of allylic oxidation sites excluding steroid dienone is 2. The molecule has 158 valence electrons. The molecule has 5 rings (SSSR count). The van der Waals surface area contributed by atoms with E-state index in [0.29, 0.717) is 29.4 Å². The smallest absolute Gasteiger partial charge is 0.255 e. The highest BCUT2D eigenvalue weighted by atomic mass is 16.1. The molecule has 3 aromatic rings. The summed E-state index contributed by atoms with van der Waals surface area (Å²) in [6.07, 6.45) is 9.70. The van der Waals surface area contributed by atoms with Crippen LogP contribution in [-0.2, 0) is 0 Å². The fourth-order valence-electron chi connectivity index (χ4n) is 3.61. The number of benzene rings is 2. The highest BCUT2D eigenvalue weighted by Gasteiger charge is 2.28. The number of nitrogens with one attached hydrogen (secondary N) is 2. The molecule has 0 spiro atoms. The van der Waals surface area contributed by atoms with Crippen molar-refractivity contribution in [1.82, 2.24) is 14.9 Å². The number of nitrogen functional groups attached to an aromatic ring is 1. The Balaban J connectivity index is 1.27. The van der Waals surface area contributed by atoms with Gasteiger partial charge in [-0.15, -0.1) is 0 Å². The largest absolute Gasteiger partial charge is 0.397 e. The van der Waals surface area contributed by atoms with Crippen molar-refractivity contribution in [3.8, 4) is 0 Å². The molecule has 0 fully saturated rings. The lowest BCUT2D eigenvalue weighted by molar-refractivity contribution is 0.102. The molecule has 1 aromatic heterocycles. The van der Waals surface area contributed by atoms with Crippen molar-refractivity contribution in [2.75, 3.05) is 22.9 Å². The number of hydrogen-bond acceptors (Lipinski definition) is 7. The van der Waals surface area contributed by atoms with Gasteiger partial charge in [0.2, 0.25) is 5.95 Å². The molecule has 2 aromatic carbocycles. The van der Waals surface area contributed by atoms with E-state index in [1.54, 1.807) is 30.5 Å². The Morgan fingerprint density at radius 3 is 2.75 bits per heavy atom. The number of rotatable bonds is 5. The van der Waals surface area contributed by atoms with Crippen molar-refractivity contribution in [3.63, 3.8) is 0 Å². The number of aliphatic imine (C=N–C) groups is 1. The Morgan fingerprint density at radius 2 is 1.91 bits per heavy atom. The third-order valence-corrected chi connectivity index (χ3v) is 5.26. The minimum Gasteiger partial charge on any atom is -0.397 e. The third-order valence-electron chi connectivity index (χ3n) is 5.26. The molecule has 0 bridgehead atoms. The first-order valence-corrected chi connectivity index (χ1v) is 10.2. The molecule has 32 heavy (non-hydrogen) atoms. The first kappa shape index (κ1) is 19.5. The summed E-state index contributed by atoms with van der Waals surface area (Å²) < 4.78 is 0. The Kier molecular flexibility index (Phi) is 5.09. The van der Waals surface area contributed by atoms with Crippen molar-refractivity contribution in [2.24, 2.45) is 4.99 Å². The minimum atomic E-state index is -0.228. The van der Waals surface area contributed by atoms with Gasteiger partial charge in [-0.25, -0.2) is 9.97 Å². The summed E-state index contributed by atoms with van der Waals surface area (Å²) in [5.41, 5.74) is 9.19. The quantitative estimate of drug-likeness (QED) is 0.537. The number of amidine groups is 1. The van der Waals surface area contributed by atoms with E-state index in [-0.39, 0.29) is 11.9 Å². The fourth-order valence-corrected chi connectivity index (χ4v) is 3.61. The number of fused-ring (bicyclic) bond motifs is 1. The highest BCUT2D eigenvalue weighted by molar-refractivity contribution is 6.05. The van der Waals surface area contributed by atoms with Crippen LogP contribution < -0.4 is 16.4 Å². The van der Waals surface area contributed by atoms with Gasteiger partial charge in [0.25, 0.3) is 5.91 Å². The Bertz CT molecular complexity index is 1250. The number of nitrogens with two attached hydrogens (primary N) is 1. The second-order valence-corrected chi connectivity index (χ2v) is 7.37. The summed E-state index contributed by atoms with van der Waals surface area (Å²) in [5, 5.41) is 6.03. The minimum absolute atomic E-state index is 0.0474. The molecule has 0 saturated heterocycles.